The maximum absolute atomic E-state index is 12.4. The molecule has 128 valence electrons. The van der Waals surface area contributed by atoms with Gasteiger partial charge in [-0.3, -0.25) is 9.69 Å². The number of nitrogens with zero attached hydrogens (tertiary/aromatic N) is 1. The molecule has 5 nitrogen and oxygen atoms in total. The number of benzene rings is 1. The minimum absolute atomic E-state index is 0.105. The molecule has 0 atom stereocenters. The van der Waals surface area contributed by atoms with Gasteiger partial charge in [-0.05, 0) is 49.3 Å². The van der Waals surface area contributed by atoms with Crippen LogP contribution in [0.15, 0.2) is 36.6 Å². The van der Waals surface area contributed by atoms with Crippen molar-refractivity contribution < 1.29 is 14.3 Å². The van der Waals surface area contributed by atoms with E-state index in [0.29, 0.717) is 42.1 Å². The van der Waals surface area contributed by atoms with Crippen molar-refractivity contribution in [1.82, 2.24) is 10.2 Å². The standard InChI is InChI=1S/C18H22N2O3S/c1-4-9-20-17(21)14(19-18(20)24)11-13-7-8-15(23-10-5-2)16(12-13)22-6-3/h5,7-8,11-12H,2,4,6,9-10H2,1,3H3,(H,19,24)/b14-11-. The molecule has 1 aromatic carbocycles. The SMILES string of the molecule is C=CCOc1ccc(/C=C2\NC(=S)N(CCC)C2=O)cc1OCC. The number of amides is 1. The summed E-state index contributed by atoms with van der Waals surface area (Å²) in [5.41, 5.74) is 1.30. The van der Waals surface area contributed by atoms with Crippen molar-refractivity contribution in [1.29, 1.82) is 0 Å². The Kier molecular flexibility index (Phi) is 6.37. The van der Waals surface area contributed by atoms with Gasteiger partial charge in [-0.2, -0.15) is 0 Å². The fourth-order valence-corrected chi connectivity index (χ4v) is 2.60. The normalized spacial score (nSPS) is 15.6. The van der Waals surface area contributed by atoms with Gasteiger partial charge in [0.1, 0.15) is 12.3 Å². The van der Waals surface area contributed by atoms with E-state index in [4.69, 9.17) is 21.7 Å². The minimum Gasteiger partial charge on any atom is -0.490 e. The van der Waals surface area contributed by atoms with E-state index in [1.807, 2.05) is 32.0 Å². The molecule has 0 bridgehead atoms. The maximum atomic E-state index is 12.4. The molecule has 0 unspecified atom stereocenters. The molecule has 0 aliphatic carbocycles. The number of carbonyl (C=O) groups is 1. The van der Waals surface area contributed by atoms with Crippen molar-refractivity contribution in [2.75, 3.05) is 19.8 Å². The largest absolute Gasteiger partial charge is 0.490 e. The van der Waals surface area contributed by atoms with Crippen LogP contribution in [0.4, 0.5) is 0 Å². The second-order valence-electron chi connectivity index (χ2n) is 5.18. The first-order chi connectivity index (χ1) is 11.6. The highest BCUT2D eigenvalue weighted by atomic mass is 32.1. The van der Waals surface area contributed by atoms with Gasteiger partial charge in [0.15, 0.2) is 16.6 Å². The molecule has 24 heavy (non-hydrogen) atoms. The van der Waals surface area contributed by atoms with Crippen molar-refractivity contribution in [2.24, 2.45) is 0 Å². The van der Waals surface area contributed by atoms with Crippen LogP contribution in [0.3, 0.4) is 0 Å². The molecule has 6 heteroatoms. The van der Waals surface area contributed by atoms with Crippen molar-refractivity contribution in [2.45, 2.75) is 20.3 Å². The number of nitrogens with one attached hydrogen (secondary N) is 1. The molecular weight excluding hydrogens is 324 g/mol. The maximum Gasteiger partial charge on any atom is 0.276 e. The van der Waals surface area contributed by atoms with Crippen LogP contribution in [0.1, 0.15) is 25.8 Å². The third kappa shape index (κ3) is 4.14. The number of hydrogen-bond acceptors (Lipinski definition) is 4. The van der Waals surface area contributed by atoms with E-state index >= 15 is 0 Å². The summed E-state index contributed by atoms with van der Waals surface area (Å²) < 4.78 is 11.2. The van der Waals surface area contributed by atoms with E-state index in [9.17, 15) is 4.79 Å². The molecule has 1 aromatic rings. The summed E-state index contributed by atoms with van der Waals surface area (Å²) >= 11 is 5.21. The smallest absolute Gasteiger partial charge is 0.276 e. The fourth-order valence-electron chi connectivity index (χ4n) is 2.32. The first kappa shape index (κ1) is 18.0. The van der Waals surface area contributed by atoms with Gasteiger partial charge in [-0.25, -0.2) is 0 Å². The predicted octanol–water partition coefficient (Wildman–Crippen LogP) is 3.12. The topological polar surface area (TPSA) is 50.8 Å². The molecule has 1 amide bonds. The van der Waals surface area contributed by atoms with E-state index in [1.165, 1.54) is 0 Å². The zero-order valence-corrected chi connectivity index (χ0v) is 14.8. The fraction of sp³-hybridized carbons (Fsp3) is 0.333. The van der Waals surface area contributed by atoms with E-state index in [-0.39, 0.29) is 5.91 Å². The third-order valence-corrected chi connectivity index (χ3v) is 3.67. The average molecular weight is 346 g/mol. The number of ether oxygens (including phenoxy) is 2. The summed E-state index contributed by atoms with van der Waals surface area (Å²) in [4.78, 5) is 13.9. The molecule has 0 radical (unpaired) electrons. The van der Waals surface area contributed by atoms with Gasteiger partial charge in [0, 0.05) is 6.54 Å². The van der Waals surface area contributed by atoms with Gasteiger partial charge in [0.2, 0.25) is 0 Å². The van der Waals surface area contributed by atoms with E-state index < -0.39 is 0 Å². The van der Waals surface area contributed by atoms with Crippen LogP contribution in [-0.4, -0.2) is 35.7 Å². The minimum atomic E-state index is -0.105. The van der Waals surface area contributed by atoms with Crippen LogP contribution in [0.2, 0.25) is 0 Å². The zero-order chi connectivity index (χ0) is 17.5. The quantitative estimate of drug-likeness (QED) is 0.445. The van der Waals surface area contributed by atoms with Crippen molar-refractivity contribution in [3.63, 3.8) is 0 Å². The lowest BCUT2D eigenvalue weighted by Gasteiger charge is -2.12. The first-order valence-electron chi connectivity index (χ1n) is 7.95. The van der Waals surface area contributed by atoms with Crippen LogP contribution < -0.4 is 14.8 Å². The number of hydrogen-bond donors (Lipinski definition) is 1. The highest BCUT2D eigenvalue weighted by Gasteiger charge is 2.29. The van der Waals surface area contributed by atoms with Gasteiger partial charge < -0.3 is 14.8 Å². The average Bonchev–Trinajstić information content (AvgIpc) is 2.82. The molecule has 1 aliphatic heterocycles. The molecule has 0 saturated carbocycles. The summed E-state index contributed by atoms with van der Waals surface area (Å²) in [6, 6.07) is 5.53. The Morgan fingerprint density at radius 1 is 1.29 bits per heavy atom. The van der Waals surface area contributed by atoms with Crippen molar-refractivity contribution in [3.8, 4) is 11.5 Å². The van der Waals surface area contributed by atoms with Gasteiger partial charge in [-0.15, -0.1) is 0 Å². The number of carbonyl (C=O) groups excluding carboxylic acids is 1. The van der Waals surface area contributed by atoms with Crippen LogP contribution >= 0.6 is 12.2 Å². The number of rotatable bonds is 8. The summed E-state index contributed by atoms with van der Waals surface area (Å²) in [7, 11) is 0. The lowest BCUT2D eigenvalue weighted by Crippen LogP contribution is -2.31. The molecule has 1 heterocycles. The lowest BCUT2D eigenvalue weighted by molar-refractivity contribution is -0.122. The van der Waals surface area contributed by atoms with Gasteiger partial charge in [-0.1, -0.05) is 25.6 Å². The van der Waals surface area contributed by atoms with Crippen LogP contribution in [0, 0.1) is 0 Å². The third-order valence-electron chi connectivity index (χ3n) is 3.34. The molecule has 1 saturated heterocycles. The Morgan fingerprint density at radius 2 is 2.08 bits per heavy atom. The monoisotopic (exact) mass is 346 g/mol. The molecule has 1 fully saturated rings. The molecule has 0 aromatic heterocycles. The van der Waals surface area contributed by atoms with E-state index in [0.717, 1.165) is 12.0 Å². The highest BCUT2D eigenvalue weighted by Crippen LogP contribution is 2.29. The number of thiocarbonyl (C=S) groups is 1. The Hall–Kier alpha value is -2.34. The van der Waals surface area contributed by atoms with Gasteiger partial charge >= 0.3 is 0 Å². The van der Waals surface area contributed by atoms with Gasteiger partial charge in [0.25, 0.3) is 5.91 Å². The second kappa shape index (κ2) is 8.49. The highest BCUT2D eigenvalue weighted by molar-refractivity contribution is 7.80. The van der Waals surface area contributed by atoms with E-state index in [1.54, 1.807) is 17.1 Å². The Balaban J connectivity index is 2.26. The molecule has 2 rings (SSSR count). The Labute approximate surface area is 147 Å². The van der Waals surface area contributed by atoms with Crippen molar-refractivity contribution >= 4 is 29.3 Å². The summed E-state index contributed by atoms with van der Waals surface area (Å²) in [5.74, 6) is 1.17. The summed E-state index contributed by atoms with van der Waals surface area (Å²) in [5, 5.41) is 3.42. The Bertz CT molecular complexity index is 670. The molecule has 1 N–H and O–H groups in total. The van der Waals surface area contributed by atoms with Crippen LogP contribution in [-0.2, 0) is 4.79 Å². The first-order valence-corrected chi connectivity index (χ1v) is 8.36. The molecule has 0 spiro atoms. The van der Waals surface area contributed by atoms with Crippen LogP contribution in [0.5, 0.6) is 11.5 Å². The van der Waals surface area contributed by atoms with Gasteiger partial charge in [0.05, 0.1) is 6.61 Å². The van der Waals surface area contributed by atoms with Crippen LogP contribution in [0.25, 0.3) is 6.08 Å². The van der Waals surface area contributed by atoms with Crippen molar-refractivity contribution in [3.05, 3.63) is 42.1 Å². The summed E-state index contributed by atoms with van der Waals surface area (Å²) in [6.07, 6.45) is 4.30. The lowest BCUT2D eigenvalue weighted by atomic mass is 10.1. The zero-order valence-electron chi connectivity index (χ0n) is 14.0. The molecule has 1 aliphatic rings. The molecular formula is C18H22N2O3S. The van der Waals surface area contributed by atoms with E-state index in [2.05, 4.69) is 11.9 Å². The Morgan fingerprint density at radius 3 is 2.75 bits per heavy atom. The second-order valence-corrected chi connectivity index (χ2v) is 5.57. The summed E-state index contributed by atoms with van der Waals surface area (Å²) in [6.45, 7) is 9.09. The predicted molar refractivity (Wildman–Crippen MR) is 99.0 cm³/mol.